The van der Waals surface area contributed by atoms with Gasteiger partial charge in [-0.05, 0) is 80.6 Å². The number of fused-ring (bicyclic) bond motifs is 2. The van der Waals surface area contributed by atoms with Crippen molar-refractivity contribution in [3.8, 4) is 11.5 Å². The number of hydrogen-bond donors (Lipinski definition) is 1. The molecule has 2 nitrogen and oxygen atoms in total. The highest BCUT2D eigenvalue weighted by atomic mass is 16.5. The van der Waals surface area contributed by atoms with Gasteiger partial charge in [0.1, 0.15) is 17.1 Å². The van der Waals surface area contributed by atoms with E-state index in [1.54, 1.807) is 0 Å². The van der Waals surface area contributed by atoms with Crippen molar-refractivity contribution < 1.29 is 9.84 Å². The third-order valence-corrected chi connectivity index (χ3v) is 8.17. The first-order valence-electron chi connectivity index (χ1n) is 12.2. The van der Waals surface area contributed by atoms with E-state index in [-0.39, 0.29) is 16.4 Å². The van der Waals surface area contributed by atoms with E-state index < -0.39 is 0 Å². The summed E-state index contributed by atoms with van der Waals surface area (Å²) in [5.41, 5.74) is 4.84. The first-order chi connectivity index (χ1) is 13.9. The number of phenolic OH excluding ortho intramolecular Hbond substituents is 1. The lowest BCUT2D eigenvalue weighted by atomic mass is 9.62. The molecule has 0 spiro atoms. The van der Waals surface area contributed by atoms with Crippen LogP contribution in [0, 0.1) is 16.7 Å². The lowest BCUT2D eigenvalue weighted by molar-refractivity contribution is 0.0107. The molecule has 1 heterocycles. The van der Waals surface area contributed by atoms with Crippen LogP contribution < -0.4 is 4.74 Å². The Balaban J connectivity index is 2.08. The smallest absolute Gasteiger partial charge is 0.131 e. The van der Waals surface area contributed by atoms with E-state index in [0.29, 0.717) is 11.7 Å². The molecule has 0 saturated heterocycles. The lowest BCUT2D eigenvalue weighted by Gasteiger charge is -2.45. The Labute approximate surface area is 185 Å². The molecule has 0 bridgehead atoms. The summed E-state index contributed by atoms with van der Waals surface area (Å²) >= 11 is 0. The second-order valence-corrected chi connectivity index (χ2v) is 11.8. The van der Waals surface area contributed by atoms with E-state index in [1.807, 2.05) is 6.07 Å². The summed E-state index contributed by atoms with van der Waals surface area (Å²) in [6, 6.07) is 4.22. The van der Waals surface area contributed by atoms with Crippen LogP contribution in [0.15, 0.2) is 17.7 Å². The molecule has 1 aliphatic carbocycles. The SMILES string of the molecule is CCCCCCc1cc(O)c2c(c1)OC(C)(C)C(C)(C)C1=C2CC(C(C)(C)C)CC1. The van der Waals surface area contributed by atoms with Crippen LogP contribution in [0.4, 0.5) is 0 Å². The van der Waals surface area contributed by atoms with Crippen molar-refractivity contribution >= 4 is 5.57 Å². The zero-order valence-corrected chi connectivity index (χ0v) is 20.7. The van der Waals surface area contributed by atoms with E-state index in [9.17, 15) is 5.11 Å². The van der Waals surface area contributed by atoms with Gasteiger partial charge in [0.25, 0.3) is 0 Å². The lowest BCUT2D eigenvalue weighted by Crippen LogP contribution is -2.45. The Morgan fingerprint density at radius 3 is 2.40 bits per heavy atom. The monoisotopic (exact) mass is 412 g/mol. The average Bonchev–Trinajstić information content (AvgIpc) is 2.69. The normalized spacial score (nSPS) is 22.7. The number of aryl methyl sites for hydroxylation is 1. The van der Waals surface area contributed by atoms with Crippen LogP contribution in [0.1, 0.15) is 111 Å². The van der Waals surface area contributed by atoms with Crippen LogP contribution in [-0.4, -0.2) is 10.7 Å². The fraction of sp³-hybridized carbons (Fsp3) is 0.714. The topological polar surface area (TPSA) is 29.5 Å². The number of unbranched alkanes of at least 4 members (excludes halogenated alkanes) is 3. The molecule has 1 N–H and O–H groups in total. The van der Waals surface area contributed by atoms with Gasteiger partial charge < -0.3 is 9.84 Å². The number of phenols is 1. The van der Waals surface area contributed by atoms with Gasteiger partial charge in [-0.15, -0.1) is 0 Å². The Morgan fingerprint density at radius 2 is 1.77 bits per heavy atom. The summed E-state index contributed by atoms with van der Waals surface area (Å²) in [5, 5.41) is 11.2. The second-order valence-electron chi connectivity index (χ2n) is 11.8. The molecule has 0 fully saturated rings. The van der Waals surface area contributed by atoms with Gasteiger partial charge in [0, 0.05) is 5.41 Å². The number of allylic oxidation sites excluding steroid dienone is 1. The van der Waals surface area contributed by atoms with Crippen molar-refractivity contribution in [1.29, 1.82) is 0 Å². The number of aromatic hydroxyl groups is 1. The average molecular weight is 413 g/mol. The maximum absolute atomic E-state index is 11.2. The minimum atomic E-state index is -0.333. The molecular weight excluding hydrogens is 368 g/mol. The van der Waals surface area contributed by atoms with E-state index in [0.717, 1.165) is 30.6 Å². The molecule has 1 aliphatic heterocycles. The molecular formula is C28H44O2. The number of benzene rings is 1. The van der Waals surface area contributed by atoms with Gasteiger partial charge in [-0.2, -0.15) is 0 Å². The summed E-state index contributed by atoms with van der Waals surface area (Å²) < 4.78 is 6.72. The number of ether oxygens (including phenoxy) is 1. The predicted molar refractivity (Wildman–Crippen MR) is 128 cm³/mol. The highest BCUT2D eigenvalue weighted by Gasteiger charge is 2.48. The van der Waals surface area contributed by atoms with Gasteiger partial charge >= 0.3 is 0 Å². The summed E-state index contributed by atoms with van der Waals surface area (Å²) in [4.78, 5) is 0. The van der Waals surface area contributed by atoms with Gasteiger partial charge in [0.05, 0.1) is 5.56 Å². The van der Waals surface area contributed by atoms with Crippen molar-refractivity contribution in [2.75, 3.05) is 0 Å². The zero-order valence-electron chi connectivity index (χ0n) is 20.7. The Bertz CT molecular complexity index is 805. The molecule has 1 unspecified atom stereocenters. The van der Waals surface area contributed by atoms with Gasteiger partial charge in [-0.1, -0.05) is 66.4 Å². The van der Waals surface area contributed by atoms with E-state index in [4.69, 9.17) is 4.74 Å². The van der Waals surface area contributed by atoms with Crippen LogP contribution >= 0.6 is 0 Å². The van der Waals surface area contributed by atoms with Gasteiger partial charge in [-0.25, -0.2) is 0 Å². The molecule has 0 amide bonds. The molecule has 0 saturated carbocycles. The fourth-order valence-electron chi connectivity index (χ4n) is 5.33. The van der Waals surface area contributed by atoms with Crippen molar-refractivity contribution in [3.05, 3.63) is 28.8 Å². The van der Waals surface area contributed by atoms with Crippen molar-refractivity contribution in [3.63, 3.8) is 0 Å². The quantitative estimate of drug-likeness (QED) is 0.493. The summed E-state index contributed by atoms with van der Waals surface area (Å²) in [5.74, 6) is 1.92. The molecule has 3 rings (SSSR count). The molecule has 1 aromatic carbocycles. The van der Waals surface area contributed by atoms with Crippen LogP contribution in [-0.2, 0) is 6.42 Å². The molecule has 2 aliphatic rings. The third-order valence-electron chi connectivity index (χ3n) is 8.17. The van der Waals surface area contributed by atoms with Gasteiger partial charge in [0.2, 0.25) is 0 Å². The molecule has 2 heteroatoms. The maximum atomic E-state index is 11.2. The minimum Gasteiger partial charge on any atom is -0.507 e. The Kier molecular flexibility index (Phi) is 6.38. The molecule has 168 valence electrons. The molecule has 0 radical (unpaired) electrons. The maximum Gasteiger partial charge on any atom is 0.131 e. The van der Waals surface area contributed by atoms with Crippen molar-refractivity contribution in [1.82, 2.24) is 0 Å². The predicted octanol–water partition coefficient (Wildman–Crippen LogP) is 8.31. The first kappa shape index (κ1) is 23.2. The zero-order chi connectivity index (χ0) is 22.3. The van der Waals surface area contributed by atoms with Crippen LogP contribution in [0.5, 0.6) is 11.5 Å². The highest BCUT2D eigenvalue weighted by Crippen LogP contribution is 2.57. The van der Waals surface area contributed by atoms with Crippen LogP contribution in [0.2, 0.25) is 0 Å². The van der Waals surface area contributed by atoms with Crippen LogP contribution in [0.3, 0.4) is 0 Å². The Morgan fingerprint density at radius 1 is 1.07 bits per heavy atom. The third kappa shape index (κ3) is 4.30. The van der Waals surface area contributed by atoms with Crippen molar-refractivity contribution in [2.24, 2.45) is 16.7 Å². The van der Waals surface area contributed by atoms with E-state index >= 15 is 0 Å². The minimum absolute atomic E-state index is 0.0854. The highest BCUT2D eigenvalue weighted by molar-refractivity contribution is 5.80. The fourth-order valence-corrected chi connectivity index (χ4v) is 5.33. The largest absolute Gasteiger partial charge is 0.507 e. The van der Waals surface area contributed by atoms with E-state index in [1.165, 1.54) is 48.8 Å². The Hall–Kier alpha value is -1.44. The molecule has 1 atom stereocenters. The first-order valence-corrected chi connectivity index (χ1v) is 12.2. The van der Waals surface area contributed by atoms with Gasteiger partial charge in [0.15, 0.2) is 0 Å². The summed E-state index contributed by atoms with van der Waals surface area (Å²) in [6.45, 7) is 18.4. The van der Waals surface area contributed by atoms with Crippen LogP contribution in [0.25, 0.3) is 5.57 Å². The summed E-state index contributed by atoms with van der Waals surface area (Å²) in [6.07, 6.45) is 9.27. The summed E-state index contributed by atoms with van der Waals surface area (Å²) in [7, 11) is 0. The molecule has 30 heavy (non-hydrogen) atoms. The number of rotatable bonds is 5. The van der Waals surface area contributed by atoms with Gasteiger partial charge in [-0.3, -0.25) is 0 Å². The molecule has 1 aromatic rings. The second kappa shape index (κ2) is 8.24. The standard InChI is InChI=1S/C28H44O2/c1-9-10-11-12-13-19-16-23(29)25-21-18-20(26(2,3)4)14-15-22(21)27(5,6)28(7,8)30-24(25)17-19/h16-17,20,29H,9-15,18H2,1-8H3. The van der Waals surface area contributed by atoms with Crippen molar-refractivity contribution in [2.45, 2.75) is 112 Å². The number of hydrogen-bond acceptors (Lipinski definition) is 2. The molecule has 0 aromatic heterocycles. The van der Waals surface area contributed by atoms with E-state index in [2.05, 4.69) is 61.5 Å².